The molecule has 1 atom stereocenters. The van der Waals surface area contributed by atoms with Gasteiger partial charge in [-0.05, 0) is 12.3 Å². The Hall–Kier alpha value is -0.550. The Morgan fingerprint density at radius 1 is 1.27 bits per heavy atom. The van der Waals surface area contributed by atoms with Gasteiger partial charge < -0.3 is 4.74 Å². The Kier molecular flexibility index (Phi) is 3.07. The van der Waals surface area contributed by atoms with E-state index < -0.39 is 0 Å². The normalized spacial score (nSPS) is 17.1. The number of nitrogens with zero attached hydrogens (tertiary/aromatic N) is 1. The lowest BCUT2D eigenvalue weighted by Gasteiger charge is -2.34. The number of rotatable bonds is 2. The van der Waals surface area contributed by atoms with E-state index in [0.717, 1.165) is 0 Å². The van der Waals surface area contributed by atoms with Gasteiger partial charge in [0.15, 0.2) is 0 Å². The molecule has 2 heteroatoms. The molecule has 0 aliphatic carbocycles. The molecule has 0 heterocycles. The highest BCUT2D eigenvalue weighted by molar-refractivity contribution is 5.02. The van der Waals surface area contributed by atoms with Crippen LogP contribution < -0.4 is 0 Å². The Bertz CT molecular complexity index is 163. The SMILES string of the molecule is COCC(C)(C#N)C(C)(C)C. The van der Waals surface area contributed by atoms with Gasteiger partial charge in [-0.2, -0.15) is 5.26 Å². The number of methoxy groups -OCH3 is 1. The van der Waals surface area contributed by atoms with Crippen LogP contribution >= 0.6 is 0 Å². The molecule has 0 bridgehead atoms. The first kappa shape index (κ1) is 10.4. The second kappa shape index (κ2) is 3.23. The number of hydrogen-bond acceptors (Lipinski definition) is 2. The summed E-state index contributed by atoms with van der Waals surface area (Å²) in [5.41, 5.74) is -0.417. The summed E-state index contributed by atoms with van der Waals surface area (Å²) in [6, 6.07) is 2.29. The fraction of sp³-hybridized carbons (Fsp3) is 0.889. The second-order valence-corrected chi connectivity index (χ2v) is 4.13. The van der Waals surface area contributed by atoms with Crippen molar-refractivity contribution in [3.05, 3.63) is 0 Å². The predicted octanol–water partition coefficient (Wildman–Crippen LogP) is 2.21. The first-order valence-corrected chi connectivity index (χ1v) is 3.77. The smallest absolute Gasteiger partial charge is 0.0826 e. The summed E-state index contributed by atoms with van der Waals surface area (Å²) >= 11 is 0. The third kappa shape index (κ3) is 2.20. The molecule has 0 aromatic rings. The van der Waals surface area contributed by atoms with Crippen LogP contribution in [0.1, 0.15) is 27.7 Å². The predicted molar refractivity (Wildman–Crippen MR) is 45.1 cm³/mol. The molecule has 0 radical (unpaired) electrons. The molecular formula is C9H17NO. The van der Waals surface area contributed by atoms with E-state index in [4.69, 9.17) is 10.00 Å². The standard InChI is InChI=1S/C9H17NO/c1-8(2,3)9(4,6-10)7-11-5/h7H2,1-5H3. The molecule has 0 saturated heterocycles. The molecular weight excluding hydrogens is 138 g/mol. The lowest BCUT2D eigenvalue weighted by atomic mass is 9.69. The maximum atomic E-state index is 8.92. The zero-order valence-corrected chi connectivity index (χ0v) is 8.06. The van der Waals surface area contributed by atoms with Crippen molar-refractivity contribution < 1.29 is 4.74 Å². The van der Waals surface area contributed by atoms with Crippen LogP contribution in [-0.4, -0.2) is 13.7 Å². The van der Waals surface area contributed by atoms with Gasteiger partial charge in [0, 0.05) is 7.11 Å². The van der Waals surface area contributed by atoms with Crippen LogP contribution in [0.4, 0.5) is 0 Å². The average Bonchev–Trinajstić information content (AvgIpc) is 1.86. The highest BCUT2D eigenvalue weighted by Gasteiger charge is 2.37. The third-order valence-corrected chi connectivity index (χ3v) is 2.34. The van der Waals surface area contributed by atoms with Gasteiger partial charge in [-0.25, -0.2) is 0 Å². The fourth-order valence-corrected chi connectivity index (χ4v) is 0.705. The van der Waals surface area contributed by atoms with Crippen LogP contribution in [0.2, 0.25) is 0 Å². The van der Waals surface area contributed by atoms with Gasteiger partial charge in [0.2, 0.25) is 0 Å². The van der Waals surface area contributed by atoms with Gasteiger partial charge in [0.1, 0.15) is 0 Å². The van der Waals surface area contributed by atoms with Crippen molar-refractivity contribution in [2.24, 2.45) is 10.8 Å². The molecule has 11 heavy (non-hydrogen) atoms. The maximum Gasteiger partial charge on any atom is 0.0826 e. The number of nitriles is 1. The van der Waals surface area contributed by atoms with Crippen molar-refractivity contribution in [2.75, 3.05) is 13.7 Å². The minimum atomic E-state index is -0.387. The van der Waals surface area contributed by atoms with Crippen molar-refractivity contribution in [1.29, 1.82) is 5.26 Å². The molecule has 0 spiro atoms. The largest absolute Gasteiger partial charge is 0.383 e. The topological polar surface area (TPSA) is 33.0 Å². The van der Waals surface area contributed by atoms with Gasteiger partial charge in [-0.15, -0.1) is 0 Å². The van der Waals surface area contributed by atoms with Crippen LogP contribution in [0.25, 0.3) is 0 Å². The summed E-state index contributed by atoms with van der Waals surface area (Å²) in [5.74, 6) is 0. The highest BCUT2D eigenvalue weighted by Crippen LogP contribution is 2.37. The van der Waals surface area contributed by atoms with E-state index in [2.05, 4.69) is 26.8 Å². The molecule has 0 amide bonds. The van der Waals surface area contributed by atoms with Gasteiger partial charge in [-0.3, -0.25) is 0 Å². The van der Waals surface area contributed by atoms with Crippen molar-refractivity contribution in [3.8, 4) is 6.07 Å². The molecule has 0 aliphatic rings. The monoisotopic (exact) mass is 155 g/mol. The van der Waals surface area contributed by atoms with Gasteiger partial charge in [-0.1, -0.05) is 20.8 Å². The van der Waals surface area contributed by atoms with E-state index in [1.807, 2.05) is 6.92 Å². The summed E-state index contributed by atoms with van der Waals surface area (Å²) in [4.78, 5) is 0. The van der Waals surface area contributed by atoms with Gasteiger partial charge >= 0.3 is 0 Å². The van der Waals surface area contributed by atoms with E-state index in [9.17, 15) is 0 Å². The van der Waals surface area contributed by atoms with E-state index in [1.165, 1.54) is 0 Å². The second-order valence-electron chi connectivity index (χ2n) is 4.13. The summed E-state index contributed by atoms with van der Waals surface area (Å²) in [7, 11) is 1.63. The first-order valence-electron chi connectivity index (χ1n) is 3.77. The van der Waals surface area contributed by atoms with E-state index in [0.29, 0.717) is 6.61 Å². The minimum absolute atomic E-state index is 0.0300. The van der Waals surface area contributed by atoms with Crippen molar-refractivity contribution in [2.45, 2.75) is 27.7 Å². The summed E-state index contributed by atoms with van der Waals surface area (Å²) in [6.07, 6.45) is 0. The van der Waals surface area contributed by atoms with Crippen molar-refractivity contribution in [3.63, 3.8) is 0 Å². The minimum Gasteiger partial charge on any atom is -0.383 e. The Morgan fingerprint density at radius 2 is 1.73 bits per heavy atom. The molecule has 2 nitrogen and oxygen atoms in total. The molecule has 0 saturated carbocycles. The highest BCUT2D eigenvalue weighted by atomic mass is 16.5. The molecule has 1 unspecified atom stereocenters. The Labute approximate surface area is 69.2 Å². The van der Waals surface area contributed by atoms with Gasteiger partial charge in [0.05, 0.1) is 18.1 Å². The molecule has 0 aliphatic heterocycles. The third-order valence-electron chi connectivity index (χ3n) is 2.34. The molecule has 64 valence electrons. The summed E-state index contributed by atoms with van der Waals surface area (Å²) < 4.78 is 5.00. The summed E-state index contributed by atoms with van der Waals surface area (Å²) in [5, 5.41) is 8.92. The van der Waals surface area contributed by atoms with E-state index in [-0.39, 0.29) is 10.8 Å². The molecule has 0 N–H and O–H groups in total. The quantitative estimate of drug-likeness (QED) is 0.612. The van der Waals surface area contributed by atoms with Crippen molar-refractivity contribution >= 4 is 0 Å². The van der Waals surface area contributed by atoms with Crippen LogP contribution in [0.15, 0.2) is 0 Å². The van der Waals surface area contributed by atoms with Crippen molar-refractivity contribution in [1.82, 2.24) is 0 Å². The lowest BCUT2D eigenvalue weighted by molar-refractivity contribution is 0.0521. The van der Waals surface area contributed by atoms with Crippen LogP contribution in [0.3, 0.4) is 0 Å². The maximum absolute atomic E-state index is 8.92. The molecule has 0 rings (SSSR count). The average molecular weight is 155 g/mol. The number of ether oxygens (including phenoxy) is 1. The zero-order chi connectivity index (χ0) is 9.12. The lowest BCUT2D eigenvalue weighted by Crippen LogP contribution is -2.35. The first-order chi connectivity index (χ1) is 4.87. The molecule has 0 fully saturated rings. The molecule has 0 aromatic heterocycles. The van der Waals surface area contributed by atoms with Crippen LogP contribution in [0, 0.1) is 22.2 Å². The molecule has 0 aromatic carbocycles. The Balaban J connectivity index is 4.50. The van der Waals surface area contributed by atoms with E-state index in [1.54, 1.807) is 7.11 Å². The van der Waals surface area contributed by atoms with Gasteiger partial charge in [0.25, 0.3) is 0 Å². The Morgan fingerprint density at radius 3 is 1.82 bits per heavy atom. The van der Waals surface area contributed by atoms with Crippen LogP contribution in [0.5, 0.6) is 0 Å². The summed E-state index contributed by atoms with van der Waals surface area (Å²) in [6.45, 7) is 8.57. The van der Waals surface area contributed by atoms with Crippen LogP contribution in [-0.2, 0) is 4.74 Å². The van der Waals surface area contributed by atoms with E-state index >= 15 is 0 Å². The fourth-order valence-electron chi connectivity index (χ4n) is 0.705. The zero-order valence-electron chi connectivity index (χ0n) is 8.06. The number of hydrogen-bond donors (Lipinski definition) is 0.